The lowest BCUT2D eigenvalue weighted by Crippen LogP contribution is -2.46. The lowest BCUT2D eigenvalue weighted by Gasteiger charge is -2.21. The zero-order valence-corrected chi connectivity index (χ0v) is 28.9. The van der Waals surface area contributed by atoms with Crippen LogP contribution in [-0.4, -0.2) is 99.4 Å². The Morgan fingerprint density at radius 2 is 1.70 bits per heavy atom. The second-order valence-electron chi connectivity index (χ2n) is 9.85. The zero-order valence-electron chi connectivity index (χ0n) is 24.1. The van der Waals surface area contributed by atoms with Gasteiger partial charge in [0, 0.05) is 48.0 Å². The third-order valence-corrected chi connectivity index (χ3v) is 10.6. The van der Waals surface area contributed by atoms with Gasteiger partial charge in [-0.3, -0.25) is 14.1 Å². The molecule has 2 rings (SSSR count). The Hall–Kier alpha value is -1.25. The van der Waals surface area contributed by atoms with Crippen LogP contribution in [0.2, 0.25) is 0 Å². The van der Waals surface area contributed by atoms with Crippen LogP contribution in [0.5, 0.6) is 0 Å². The first-order valence-corrected chi connectivity index (χ1v) is 19.1. The fourth-order valence-corrected chi connectivity index (χ4v) is 7.83. The number of nitrogens with one attached hydrogen (secondary N) is 3. The van der Waals surface area contributed by atoms with Gasteiger partial charge < -0.3 is 61.2 Å². The van der Waals surface area contributed by atoms with Crippen LogP contribution in [0.25, 0.3) is 0 Å². The molecule has 11 N–H and O–H groups in total. The number of phosphoric acid groups is 3. The molecular weight excluding hydrogens is 798 g/mol. The summed E-state index contributed by atoms with van der Waals surface area (Å²) >= 11 is 1.56. The lowest BCUT2D eigenvalue weighted by atomic mass is 9.96. The van der Waals surface area contributed by atoms with Crippen LogP contribution in [0.3, 0.4) is 0 Å². The number of ether oxygens (including phenoxy) is 3. The molecule has 0 aromatic carbocycles. The largest absolute Gasteiger partial charge is 0.490 e. The molecule has 0 bridgehead atoms. The highest BCUT2D eigenvalue weighted by molar-refractivity contribution is 14.1. The molecular formula is C21H37IN5O16P3. The topological polar surface area (TPSA) is 327 Å². The summed E-state index contributed by atoms with van der Waals surface area (Å²) in [6.07, 6.45) is -0.389. The molecule has 2 aliphatic rings. The molecule has 46 heavy (non-hydrogen) atoms. The lowest BCUT2D eigenvalue weighted by molar-refractivity contribution is -0.123. The monoisotopic (exact) mass is 835 g/mol. The van der Waals surface area contributed by atoms with Crippen LogP contribution in [0, 0.1) is 23.7 Å². The number of phosphoric ester groups is 1. The number of halogens is 1. The molecule has 1 heterocycles. The van der Waals surface area contributed by atoms with E-state index in [0.29, 0.717) is 12.8 Å². The Kier molecular flexibility index (Phi) is 17.0. The van der Waals surface area contributed by atoms with Crippen LogP contribution < -0.4 is 27.4 Å². The number of carbonyl (C=O) groups excluding carboxylic acids is 3. The number of alkyl carbamates (subject to hydrolysis) is 1. The second kappa shape index (κ2) is 19.1. The van der Waals surface area contributed by atoms with E-state index in [1.807, 2.05) is 0 Å². The number of nitrogens with two attached hydrogens (primary N) is 2. The van der Waals surface area contributed by atoms with Crippen LogP contribution in [0.15, 0.2) is 0 Å². The highest BCUT2D eigenvalue weighted by Crippen LogP contribution is 2.66. The van der Waals surface area contributed by atoms with Crippen molar-refractivity contribution in [2.75, 3.05) is 39.6 Å². The van der Waals surface area contributed by atoms with E-state index in [9.17, 15) is 37.9 Å². The fraction of sp³-hybridized carbons (Fsp3) is 0.762. The van der Waals surface area contributed by atoms with E-state index in [1.54, 1.807) is 22.6 Å². The summed E-state index contributed by atoms with van der Waals surface area (Å²) in [4.78, 5) is 70.9. The first-order chi connectivity index (χ1) is 21.4. The molecule has 8 atom stereocenters. The minimum atomic E-state index is -5.66. The Morgan fingerprint density at radius 1 is 1.00 bits per heavy atom. The molecule has 1 saturated heterocycles. The molecule has 0 aromatic rings. The molecule has 0 spiro atoms. The first-order valence-electron chi connectivity index (χ1n) is 13.5. The van der Waals surface area contributed by atoms with E-state index in [2.05, 4.69) is 36.4 Å². The van der Waals surface area contributed by atoms with Gasteiger partial charge in [-0.25, -0.2) is 18.5 Å². The molecule has 1 aliphatic carbocycles. The maximum Gasteiger partial charge on any atom is 0.490 e. The molecule has 3 amide bonds. The van der Waals surface area contributed by atoms with Gasteiger partial charge in [-0.15, -0.1) is 0 Å². The van der Waals surface area contributed by atoms with Crippen LogP contribution in [0.1, 0.15) is 25.7 Å². The normalized spacial score (nSPS) is 26.1. The highest BCUT2D eigenvalue weighted by atomic mass is 127. The van der Waals surface area contributed by atoms with Crippen LogP contribution in [0.4, 0.5) is 9.59 Å². The summed E-state index contributed by atoms with van der Waals surface area (Å²) in [5.41, 5.74) is 11.2. The SMILES string of the molecule is NCO[C@@H]1C[C@H](C2CCC(C#CCNC(=O)OCC(N)C(=O)NCCNC(=O)I)C2)OC1COP(=O)(O)OP(=O)(O)OP(=O)(O)O. The van der Waals surface area contributed by atoms with Gasteiger partial charge in [-0.05, 0) is 25.2 Å². The van der Waals surface area contributed by atoms with Crippen molar-refractivity contribution in [3.05, 3.63) is 0 Å². The van der Waals surface area contributed by atoms with E-state index < -0.39 is 60.3 Å². The van der Waals surface area contributed by atoms with E-state index in [0.717, 1.165) is 12.8 Å². The second-order valence-corrected chi connectivity index (χ2v) is 15.2. The predicted molar refractivity (Wildman–Crippen MR) is 163 cm³/mol. The van der Waals surface area contributed by atoms with Gasteiger partial charge in [0.05, 0.1) is 32.1 Å². The van der Waals surface area contributed by atoms with Crippen molar-refractivity contribution in [1.29, 1.82) is 0 Å². The molecule has 21 nitrogen and oxygen atoms in total. The van der Waals surface area contributed by atoms with Crippen LogP contribution in [-0.2, 0) is 45.8 Å². The van der Waals surface area contributed by atoms with Crippen LogP contribution >= 0.6 is 46.1 Å². The van der Waals surface area contributed by atoms with Crippen molar-refractivity contribution in [3.8, 4) is 11.8 Å². The number of amides is 3. The standard InChI is InChI=1S/C21H37IN5O16P3/c22-20(29)26-7-6-25-19(28)15(24)10-38-21(30)27-5-1-2-13-3-4-14(8-13)16-9-17(39-12-23)18(41-16)11-40-45(34,35)43-46(36,37)42-44(31,32)33/h13-18H,3-12,23-24H2,(H,25,28)(H,26,29)(H,27,30)(H,34,35)(H,36,37)(H2,31,32,33)/t13?,14?,15?,16-,17-,18?/m1/s1. The van der Waals surface area contributed by atoms with Crippen molar-refractivity contribution in [1.82, 2.24) is 16.0 Å². The Labute approximate surface area is 277 Å². The number of hydrogen-bond acceptors (Lipinski definition) is 14. The first kappa shape index (κ1) is 40.9. The van der Waals surface area contributed by atoms with Gasteiger partial charge in [-0.2, -0.15) is 8.62 Å². The molecule has 0 aromatic heterocycles. The van der Waals surface area contributed by atoms with Crippen molar-refractivity contribution < 1.29 is 75.0 Å². The maximum atomic E-state index is 12.1. The summed E-state index contributed by atoms with van der Waals surface area (Å²) in [5.74, 6) is 5.35. The average molecular weight is 835 g/mol. The smallest absolute Gasteiger partial charge is 0.447 e. The molecule has 1 aliphatic heterocycles. The molecule has 2 fully saturated rings. The summed E-state index contributed by atoms with van der Waals surface area (Å²) in [5, 5.41) is 7.42. The summed E-state index contributed by atoms with van der Waals surface area (Å²) in [6.45, 7) is -0.870. The number of rotatable bonds is 17. The third kappa shape index (κ3) is 16.2. The maximum absolute atomic E-state index is 12.1. The summed E-state index contributed by atoms with van der Waals surface area (Å²) in [7, 11) is -16.5. The fourth-order valence-electron chi connectivity index (χ4n) is 4.54. The minimum Gasteiger partial charge on any atom is -0.447 e. The Balaban J connectivity index is 1.75. The third-order valence-electron chi connectivity index (χ3n) is 6.40. The van der Waals surface area contributed by atoms with E-state index in [4.69, 9.17) is 40.0 Å². The van der Waals surface area contributed by atoms with Gasteiger partial charge in [0.25, 0.3) is 3.91 Å². The number of carbonyl (C=O) groups is 3. The predicted octanol–water partition coefficient (Wildman–Crippen LogP) is -0.477. The number of hydrogen-bond donors (Lipinski definition) is 9. The Morgan fingerprint density at radius 3 is 2.35 bits per heavy atom. The molecule has 264 valence electrons. The summed E-state index contributed by atoms with van der Waals surface area (Å²) in [6, 6.07) is -1.10. The Bertz CT molecular complexity index is 1260. The zero-order chi connectivity index (χ0) is 34.5. The molecule has 6 unspecified atom stereocenters. The molecule has 0 radical (unpaired) electrons. The molecule has 1 saturated carbocycles. The van der Waals surface area contributed by atoms with E-state index in [1.165, 1.54) is 0 Å². The van der Waals surface area contributed by atoms with Gasteiger partial charge >= 0.3 is 29.6 Å². The molecule has 25 heteroatoms. The van der Waals surface area contributed by atoms with E-state index in [-0.39, 0.29) is 54.8 Å². The van der Waals surface area contributed by atoms with Crippen molar-refractivity contribution in [2.45, 2.75) is 50.0 Å². The quantitative estimate of drug-likeness (QED) is 0.0170. The highest BCUT2D eigenvalue weighted by Gasteiger charge is 2.45. The van der Waals surface area contributed by atoms with Crippen molar-refractivity contribution >= 4 is 62.0 Å². The average Bonchev–Trinajstić information content (AvgIpc) is 3.56. The van der Waals surface area contributed by atoms with Gasteiger partial charge in [0.15, 0.2) is 0 Å². The van der Waals surface area contributed by atoms with Crippen molar-refractivity contribution in [3.63, 3.8) is 0 Å². The summed E-state index contributed by atoms with van der Waals surface area (Å²) < 4.78 is 62.6. The van der Waals surface area contributed by atoms with Crippen molar-refractivity contribution in [2.24, 2.45) is 23.3 Å². The van der Waals surface area contributed by atoms with Gasteiger partial charge in [0.2, 0.25) is 5.91 Å². The van der Waals surface area contributed by atoms with Gasteiger partial charge in [0.1, 0.15) is 18.8 Å². The van der Waals surface area contributed by atoms with E-state index >= 15 is 0 Å². The van der Waals surface area contributed by atoms with Gasteiger partial charge in [-0.1, -0.05) is 11.8 Å². The minimum absolute atomic E-state index is 0.0167.